The monoisotopic (exact) mass is 380 g/mol. The lowest BCUT2D eigenvalue weighted by molar-refractivity contribution is -0.122. The molecular weight excluding hydrogens is 352 g/mol. The van der Waals surface area contributed by atoms with Crippen LogP contribution < -0.4 is 15.4 Å². The summed E-state index contributed by atoms with van der Waals surface area (Å²) in [7, 11) is 0. The van der Waals surface area contributed by atoms with E-state index in [1.54, 1.807) is 0 Å². The Morgan fingerprint density at radius 2 is 2.15 bits per heavy atom. The maximum Gasteiger partial charge on any atom is 0.220 e. The van der Waals surface area contributed by atoms with Crippen molar-refractivity contribution in [1.29, 1.82) is 0 Å². The lowest BCUT2D eigenvalue weighted by Crippen LogP contribution is -2.30. The van der Waals surface area contributed by atoms with Gasteiger partial charge in [0.15, 0.2) is 11.3 Å². The van der Waals surface area contributed by atoms with Crippen molar-refractivity contribution < 1.29 is 13.9 Å². The second-order valence-electron chi connectivity index (χ2n) is 6.78. The van der Waals surface area contributed by atoms with Crippen molar-refractivity contribution in [3.63, 3.8) is 0 Å². The van der Waals surface area contributed by atoms with E-state index in [4.69, 9.17) is 9.15 Å². The van der Waals surface area contributed by atoms with E-state index in [0.29, 0.717) is 18.9 Å². The van der Waals surface area contributed by atoms with Crippen LogP contribution in [0.3, 0.4) is 0 Å². The van der Waals surface area contributed by atoms with Crippen molar-refractivity contribution in [3.05, 3.63) is 30.0 Å². The van der Waals surface area contributed by atoms with E-state index in [1.807, 2.05) is 38.1 Å². The number of para-hydroxylation sites is 1. The van der Waals surface area contributed by atoms with Gasteiger partial charge in [-0.25, -0.2) is 0 Å². The fraction of sp³-hybridized carbons (Fsp3) is 0.550. The summed E-state index contributed by atoms with van der Waals surface area (Å²) in [5.41, 5.74) is 0.746. The number of carbonyl (C=O) groups excluding carboxylic acids is 1. The number of hydrogen-bond donors (Lipinski definition) is 2. The minimum Gasteiger partial charge on any atom is -0.490 e. The van der Waals surface area contributed by atoms with Gasteiger partial charge in [0.1, 0.15) is 5.76 Å². The summed E-state index contributed by atoms with van der Waals surface area (Å²) >= 11 is 0. The fourth-order valence-electron chi connectivity index (χ4n) is 3.43. The molecular formula is C20H29ClN2O3. The third-order valence-corrected chi connectivity index (χ3v) is 4.87. The largest absolute Gasteiger partial charge is 0.490 e. The number of rotatable bonds is 7. The van der Waals surface area contributed by atoms with Crippen molar-refractivity contribution in [2.75, 3.05) is 19.7 Å². The summed E-state index contributed by atoms with van der Waals surface area (Å²) in [5, 5.41) is 7.42. The molecule has 1 saturated heterocycles. The molecule has 1 amide bonds. The van der Waals surface area contributed by atoms with Crippen molar-refractivity contribution in [1.82, 2.24) is 10.6 Å². The Morgan fingerprint density at radius 1 is 1.38 bits per heavy atom. The highest BCUT2D eigenvalue weighted by molar-refractivity contribution is 5.85. The highest BCUT2D eigenvalue weighted by atomic mass is 35.5. The maximum atomic E-state index is 12.3. The number of carbonyl (C=O) groups is 1. The van der Waals surface area contributed by atoms with E-state index in [-0.39, 0.29) is 24.4 Å². The van der Waals surface area contributed by atoms with Gasteiger partial charge in [-0.05, 0) is 64.3 Å². The second-order valence-corrected chi connectivity index (χ2v) is 6.78. The molecule has 1 aromatic heterocycles. The summed E-state index contributed by atoms with van der Waals surface area (Å²) in [6.07, 6.45) is 3.90. The van der Waals surface area contributed by atoms with Gasteiger partial charge >= 0.3 is 0 Å². The van der Waals surface area contributed by atoms with Crippen LogP contribution in [-0.4, -0.2) is 25.6 Å². The molecule has 2 heterocycles. The van der Waals surface area contributed by atoms with Gasteiger partial charge < -0.3 is 19.8 Å². The molecule has 1 unspecified atom stereocenters. The molecule has 144 valence electrons. The van der Waals surface area contributed by atoms with Crippen LogP contribution in [0.1, 0.15) is 51.3 Å². The number of halogens is 1. The Bertz CT molecular complexity index is 710. The van der Waals surface area contributed by atoms with Gasteiger partial charge in [-0.2, -0.15) is 0 Å². The molecule has 0 spiro atoms. The minimum atomic E-state index is -0.151. The smallest absolute Gasteiger partial charge is 0.220 e. The first-order valence-corrected chi connectivity index (χ1v) is 9.32. The molecule has 1 atom stereocenters. The van der Waals surface area contributed by atoms with Gasteiger partial charge in [-0.1, -0.05) is 12.1 Å². The number of furan rings is 1. The molecule has 0 bridgehead atoms. The van der Waals surface area contributed by atoms with E-state index in [1.165, 1.54) is 12.8 Å². The molecule has 2 aromatic rings. The highest BCUT2D eigenvalue weighted by Gasteiger charge is 2.18. The van der Waals surface area contributed by atoms with Crippen LogP contribution in [0.5, 0.6) is 5.75 Å². The molecule has 0 aliphatic carbocycles. The summed E-state index contributed by atoms with van der Waals surface area (Å²) < 4.78 is 11.6. The number of piperidine rings is 1. The molecule has 3 rings (SSSR count). The molecule has 1 aliphatic heterocycles. The van der Waals surface area contributed by atoms with Crippen molar-refractivity contribution in [2.24, 2.45) is 5.92 Å². The summed E-state index contributed by atoms with van der Waals surface area (Å²) in [6.45, 7) is 6.65. The van der Waals surface area contributed by atoms with Gasteiger partial charge in [0, 0.05) is 11.8 Å². The predicted molar refractivity (Wildman–Crippen MR) is 106 cm³/mol. The van der Waals surface area contributed by atoms with Crippen molar-refractivity contribution in [3.8, 4) is 5.75 Å². The molecule has 0 radical (unpaired) electrons. The Labute approximate surface area is 161 Å². The number of fused-ring (bicyclic) bond motifs is 1. The van der Waals surface area contributed by atoms with E-state index >= 15 is 0 Å². The zero-order valence-electron chi connectivity index (χ0n) is 15.5. The zero-order chi connectivity index (χ0) is 17.6. The SMILES string of the molecule is CCOc1cccc2cc(C(C)NC(=O)CCC3CCNCC3)oc12.Cl. The summed E-state index contributed by atoms with van der Waals surface area (Å²) in [6, 6.07) is 7.69. The van der Waals surface area contributed by atoms with Crippen LogP contribution in [0.4, 0.5) is 0 Å². The predicted octanol–water partition coefficient (Wildman–Crippen LogP) is 4.21. The van der Waals surface area contributed by atoms with Crippen molar-refractivity contribution >= 4 is 29.3 Å². The fourth-order valence-corrected chi connectivity index (χ4v) is 3.43. The lowest BCUT2D eigenvalue weighted by atomic mass is 9.93. The Morgan fingerprint density at radius 3 is 2.88 bits per heavy atom. The Balaban J connectivity index is 0.00000243. The van der Waals surface area contributed by atoms with Crippen molar-refractivity contribution in [2.45, 2.75) is 45.6 Å². The first kappa shape index (κ1) is 20.6. The number of hydrogen-bond acceptors (Lipinski definition) is 4. The first-order chi connectivity index (χ1) is 12.2. The number of nitrogens with one attached hydrogen (secondary N) is 2. The van der Waals surface area contributed by atoms with Gasteiger partial charge in [0.25, 0.3) is 0 Å². The highest BCUT2D eigenvalue weighted by Crippen LogP contribution is 2.31. The standard InChI is InChI=1S/C20H28N2O3.ClH/c1-3-24-17-6-4-5-16-13-18(25-20(16)17)14(2)22-19(23)8-7-15-9-11-21-12-10-15;/h4-6,13-15,21H,3,7-12H2,1-2H3,(H,22,23);1H. The van der Waals surface area contributed by atoms with Gasteiger partial charge in [0.05, 0.1) is 12.6 Å². The normalized spacial score (nSPS) is 16.1. The van der Waals surface area contributed by atoms with Crippen LogP contribution in [-0.2, 0) is 4.79 Å². The van der Waals surface area contributed by atoms with Gasteiger partial charge in [-0.3, -0.25) is 4.79 Å². The summed E-state index contributed by atoms with van der Waals surface area (Å²) in [5.74, 6) is 2.27. The van der Waals surface area contributed by atoms with Crippen LogP contribution in [0.25, 0.3) is 11.0 Å². The molecule has 0 saturated carbocycles. The zero-order valence-corrected chi connectivity index (χ0v) is 16.4. The maximum absolute atomic E-state index is 12.3. The average Bonchev–Trinajstić information content (AvgIpc) is 3.07. The first-order valence-electron chi connectivity index (χ1n) is 9.32. The van der Waals surface area contributed by atoms with Crippen LogP contribution in [0, 0.1) is 5.92 Å². The van der Waals surface area contributed by atoms with Crippen LogP contribution in [0.2, 0.25) is 0 Å². The van der Waals surface area contributed by atoms with E-state index in [9.17, 15) is 4.79 Å². The lowest BCUT2D eigenvalue weighted by Gasteiger charge is -2.22. The number of ether oxygens (including phenoxy) is 1. The third-order valence-electron chi connectivity index (χ3n) is 4.87. The summed E-state index contributed by atoms with van der Waals surface area (Å²) in [4.78, 5) is 12.3. The van der Waals surface area contributed by atoms with Gasteiger partial charge in [-0.15, -0.1) is 12.4 Å². The molecule has 1 aromatic carbocycles. The second kappa shape index (κ2) is 9.83. The third kappa shape index (κ3) is 5.15. The topological polar surface area (TPSA) is 63.5 Å². The molecule has 2 N–H and O–H groups in total. The minimum absolute atomic E-state index is 0. The van der Waals surface area contributed by atoms with Crippen LogP contribution >= 0.6 is 12.4 Å². The van der Waals surface area contributed by atoms with E-state index < -0.39 is 0 Å². The van der Waals surface area contributed by atoms with E-state index in [2.05, 4.69) is 10.6 Å². The molecule has 6 heteroatoms. The Hall–Kier alpha value is -1.72. The molecule has 1 aliphatic rings. The van der Waals surface area contributed by atoms with Crippen LogP contribution in [0.15, 0.2) is 28.7 Å². The molecule has 5 nitrogen and oxygen atoms in total. The average molecular weight is 381 g/mol. The van der Waals surface area contributed by atoms with Gasteiger partial charge in [0.2, 0.25) is 5.91 Å². The number of benzene rings is 1. The van der Waals surface area contributed by atoms with E-state index in [0.717, 1.165) is 42.0 Å². The molecule has 26 heavy (non-hydrogen) atoms. The molecule has 1 fully saturated rings. The quantitative estimate of drug-likeness (QED) is 0.755. The number of amides is 1. The Kier molecular flexibility index (Phi) is 7.79.